The van der Waals surface area contributed by atoms with Crippen molar-refractivity contribution in [2.45, 2.75) is 96.3 Å². The Balaban J connectivity index is 1.33. The fourth-order valence-corrected chi connectivity index (χ4v) is 6.45. The largest absolute Gasteiger partial charge is 0.370 e. The first-order valence-electron chi connectivity index (χ1n) is 16.2. The third-order valence-electron chi connectivity index (χ3n) is 8.94. The van der Waals surface area contributed by atoms with Gasteiger partial charge in [0, 0.05) is 41.3 Å². The molecule has 1 aliphatic rings. The number of nitrogens with one attached hydrogen (secondary N) is 4. The van der Waals surface area contributed by atoms with E-state index >= 15 is 4.39 Å². The minimum absolute atomic E-state index is 0.136. The summed E-state index contributed by atoms with van der Waals surface area (Å²) in [6.07, 6.45) is 9.58. The molecule has 1 saturated heterocycles. The lowest BCUT2D eigenvalue weighted by Gasteiger charge is -2.34. The topological polar surface area (TPSA) is 151 Å². The molecular formula is C35H47FN8O. The summed E-state index contributed by atoms with van der Waals surface area (Å²) >= 11 is 0. The average molecular weight is 615 g/mol. The van der Waals surface area contributed by atoms with E-state index in [1.165, 1.54) is 10.1 Å². The Bertz CT molecular complexity index is 1680. The average Bonchev–Trinajstić information content (AvgIpc) is 3.44. The van der Waals surface area contributed by atoms with Gasteiger partial charge in [0.15, 0.2) is 0 Å². The van der Waals surface area contributed by atoms with E-state index in [1.807, 2.05) is 37.3 Å². The molecule has 45 heavy (non-hydrogen) atoms. The molecule has 240 valence electrons. The number of benzene rings is 2. The Labute approximate surface area is 264 Å². The maximum absolute atomic E-state index is 15.3. The standard InChI is InChI=1S/C35H47FN8O/c1-4-26(41-32(39)19-37)18-27-9-6-10-30(40-27)24-11-13-28(14-12-24)44-20-25-17-31(42-34(25)43-35(44)45)29-16-23(8-5-7-22(3)38)15-21(2)33(29)36/h11-17,20,22,26-27,30,40H,4-10,18-19,37-38H2,1-3H3,(H2,39,41)(H,42,43,45)/t22-,26+,27-,30-/m0/s1. The lowest BCUT2D eigenvalue weighted by molar-refractivity contribution is 0.291. The third kappa shape index (κ3) is 7.87. The highest BCUT2D eigenvalue weighted by Gasteiger charge is 2.25. The van der Waals surface area contributed by atoms with E-state index in [1.54, 1.807) is 13.1 Å². The lowest BCUT2D eigenvalue weighted by Crippen LogP contribution is -2.45. The molecule has 8 N–H and O–H groups in total. The van der Waals surface area contributed by atoms with Gasteiger partial charge in [0.2, 0.25) is 0 Å². The Morgan fingerprint density at radius 2 is 2.00 bits per heavy atom. The third-order valence-corrected chi connectivity index (χ3v) is 8.94. The van der Waals surface area contributed by atoms with Crippen molar-refractivity contribution in [3.63, 3.8) is 0 Å². The Morgan fingerprint density at radius 1 is 1.22 bits per heavy atom. The van der Waals surface area contributed by atoms with Gasteiger partial charge < -0.3 is 27.1 Å². The maximum atomic E-state index is 15.3. The highest BCUT2D eigenvalue weighted by molar-refractivity contribution is 5.83. The molecule has 0 amide bonds. The van der Waals surface area contributed by atoms with Crippen molar-refractivity contribution >= 4 is 16.9 Å². The Morgan fingerprint density at radius 3 is 2.71 bits per heavy atom. The van der Waals surface area contributed by atoms with Gasteiger partial charge in [0.05, 0.1) is 17.9 Å². The van der Waals surface area contributed by atoms with Gasteiger partial charge in [-0.3, -0.25) is 9.98 Å². The zero-order chi connectivity index (χ0) is 32.1. The summed E-state index contributed by atoms with van der Waals surface area (Å²) in [7, 11) is 0. The predicted molar refractivity (Wildman–Crippen MR) is 181 cm³/mol. The van der Waals surface area contributed by atoms with Crippen LogP contribution in [0.5, 0.6) is 0 Å². The number of hydrogen-bond donors (Lipinski definition) is 6. The zero-order valence-electron chi connectivity index (χ0n) is 26.6. The van der Waals surface area contributed by atoms with E-state index in [-0.39, 0.29) is 30.5 Å². The summed E-state index contributed by atoms with van der Waals surface area (Å²) in [6.45, 7) is 6.13. The quantitative estimate of drug-likeness (QED) is 0.0932. The van der Waals surface area contributed by atoms with Crippen molar-refractivity contribution in [3.05, 3.63) is 81.7 Å². The molecule has 4 atom stereocenters. The molecule has 4 aromatic rings. The second kappa shape index (κ2) is 14.5. The van der Waals surface area contributed by atoms with Crippen LogP contribution in [0.3, 0.4) is 0 Å². The van der Waals surface area contributed by atoms with E-state index in [0.717, 1.165) is 68.0 Å². The fourth-order valence-electron chi connectivity index (χ4n) is 6.45. The van der Waals surface area contributed by atoms with Crippen LogP contribution in [0.25, 0.3) is 28.0 Å². The normalized spacial score (nSPS) is 18.2. The summed E-state index contributed by atoms with van der Waals surface area (Å²) in [4.78, 5) is 20.6. The summed E-state index contributed by atoms with van der Waals surface area (Å²) in [5.74, 6) is 0.0993. The van der Waals surface area contributed by atoms with Crippen LogP contribution in [0, 0.1) is 18.2 Å². The molecule has 10 heteroatoms. The van der Waals surface area contributed by atoms with Crippen LogP contribution in [0.1, 0.15) is 81.5 Å². The molecule has 2 aromatic heterocycles. The van der Waals surface area contributed by atoms with Gasteiger partial charge in [0.25, 0.3) is 0 Å². The van der Waals surface area contributed by atoms with Crippen LogP contribution in [0.15, 0.2) is 53.5 Å². The van der Waals surface area contributed by atoms with E-state index in [4.69, 9.17) is 16.9 Å². The number of aromatic amines is 1. The lowest BCUT2D eigenvalue weighted by atomic mass is 9.90. The van der Waals surface area contributed by atoms with Gasteiger partial charge in [-0.15, -0.1) is 0 Å². The molecule has 0 bridgehead atoms. The van der Waals surface area contributed by atoms with Crippen molar-refractivity contribution in [2.75, 3.05) is 6.54 Å². The highest BCUT2D eigenvalue weighted by Crippen LogP contribution is 2.30. The van der Waals surface area contributed by atoms with Gasteiger partial charge in [-0.1, -0.05) is 31.5 Å². The number of rotatable bonds is 12. The molecule has 0 unspecified atom stereocenters. The highest BCUT2D eigenvalue weighted by atomic mass is 19.1. The molecule has 2 aromatic carbocycles. The maximum Gasteiger partial charge on any atom is 0.354 e. The van der Waals surface area contributed by atoms with Crippen molar-refractivity contribution in [1.82, 2.24) is 25.2 Å². The second-order valence-electron chi connectivity index (χ2n) is 12.6. The molecule has 0 radical (unpaired) electrons. The first-order valence-corrected chi connectivity index (χ1v) is 16.2. The number of amidine groups is 1. The Hall–Kier alpha value is -3.86. The number of H-pyrrole nitrogens is 1. The minimum Gasteiger partial charge on any atom is -0.370 e. The smallest absolute Gasteiger partial charge is 0.354 e. The van der Waals surface area contributed by atoms with Gasteiger partial charge in [-0.05, 0) is 99.7 Å². The van der Waals surface area contributed by atoms with Crippen LogP contribution >= 0.6 is 0 Å². The number of hydrogen-bond acceptors (Lipinski definition) is 6. The SMILES string of the molecule is CC[C@H](C[C@@H]1CCC[C@@H](c2ccc(-n3cc4cc(-c5cc(CCC[C@H](C)N)cc(C)c5F)[nH]c4nc3=O)cc2)N1)NC(=N)CN. The number of aromatic nitrogens is 3. The number of nitrogens with two attached hydrogens (primary N) is 2. The molecule has 0 spiro atoms. The molecule has 0 saturated carbocycles. The van der Waals surface area contributed by atoms with Crippen LogP contribution in [0.2, 0.25) is 0 Å². The first kappa shape index (κ1) is 32.5. The molecule has 1 aliphatic heterocycles. The predicted octanol–water partition coefficient (Wildman–Crippen LogP) is 5.38. The summed E-state index contributed by atoms with van der Waals surface area (Å²) in [5, 5.41) is 15.7. The summed E-state index contributed by atoms with van der Waals surface area (Å²) < 4.78 is 16.8. The van der Waals surface area contributed by atoms with Gasteiger partial charge in [-0.25, -0.2) is 9.18 Å². The van der Waals surface area contributed by atoms with Crippen molar-refractivity contribution in [1.29, 1.82) is 5.41 Å². The van der Waals surface area contributed by atoms with Crippen LogP contribution in [-0.2, 0) is 6.42 Å². The van der Waals surface area contributed by atoms with Crippen molar-refractivity contribution in [3.8, 4) is 16.9 Å². The molecule has 1 fully saturated rings. The van der Waals surface area contributed by atoms with E-state index in [9.17, 15) is 4.79 Å². The molecule has 5 rings (SSSR count). The molecule has 9 nitrogen and oxygen atoms in total. The Kier molecular flexibility index (Phi) is 10.5. The van der Waals surface area contributed by atoms with Crippen molar-refractivity contribution < 1.29 is 4.39 Å². The van der Waals surface area contributed by atoms with E-state index in [2.05, 4.69) is 39.7 Å². The van der Waals surface area contributed by atoms with Crippen LogP contribution in [0.4, 0.5) is 4.39 Å². The second-order valence-corrected chi connectivity index (χ2v) is 12.6. The van der Waals surface area contributed by atoms with E-state index in [0.29, 0.717) is 34.3 Å². The molecule has 0 aliphatic carbocycles. The van der Waals surface area contributed by atoms with Crippen LogP contribution < -0.4 is 27.8 Å². The summed E-state index contributed by atoms with van der Waals surface area (Å²) in [5.41, 5.74) is 16.2. The number of piperidine rings is 1. The number of halogens is 1. The number of nitrogens with zero attached hydrogens (tertiary/aromatic N) is 2. The van der Waals surface area contributed by atoms with Crippen LogP contribution in [-0.4, -0.2) is 45.0 Å². The summed E-state index contributed by atoms with van der Waals surface area (Å²) in [6, 6.07) is 14.6. The van der Waals surface area contributed by atoms with Crippen molar-refractivity contribution in [2.24, 2.45) is 11.5 Å². The number of aryl methyl sites for hydroxylation is 2. The van der Waals surface area contributed by atoms with E-state index < -0.39 is 5.69 Å². The van der Waals surface area contributed by atoms with Gasteiger partial charge >= 0.3 is 5.69 Å². The monoisotopic (exact) mass is 614 g/mol. The minimum atomic E-state index is -0.401. The van der Waals surface area contributed by atoms with Gasteiger partial charge in [0.1, 0.15) is 17.3 Å². The first-order chi connectivity index (χ1) is 21.6. The number of fused-ring (bicyclic) bond motifs is 1. The fraction of sp³-hybridized carbons (Fsp3) is 0.457. The molecular weight excluding hydrogens is 567 g/mol. The zero-order valence-corrected chi connectivity index (χ0v) is 26.6. The molecule has 3 heterocycles. The van der Waals surface area contributed by atoms with Gasteiger partial charge in [-0.2, -0.15) is 4.98 Å².